The summed E-state index contributed by atoms with van der Waals surface area (Å²) in [6.07, 6.45) is 3.51. The molecule has 0 unspecified atom stereocenters. The molecule has 0 saturated heterocycles. The summed E-state index contributed by atoms with van der Waals surface area (Å²) in [6, 6.07) is -2.36. The molecule has 0 aromatic carbocycles. The molecule has 0 aromatic heterocycles. The summed E-state index contributed by atoms with van der Waals surface area (Å²) < 4.78 is 0. The van der Waals surface area contributed by atoms with Crippen molar-refractivity contribution in [2.24, 2.45) is 5.41 Å². The van der Waals surface area contributed by atoms with Crippen molar-refractivity contribution in [2.75, 3.05) is 0 Å². The lowest BCUT2D eigenvalue weighted by molar-refractivity contribution is -0.0731. The molecule has 0 aliphatic heterocycles. The summed E-state index contributed by atoms with van der Waals surface area (Å²) in [5, 5.41) is 0.201. The van der Waals surface area contributed by atoms with Crippen molar-refractivity contribution in [1.29, 1.82) is 0 Å². The fourth-order valence-corrected chi connectivity index (χ4v) is 6.28. The molecule has 10 heavy (non-hydrogen) atoms. The van der Waals surface area contributed by atoms with Crippen LogP contribution in [-0.4, -0.2) is 6.00 Å². The second kappa shape index (κ2) is 1.71. The van der Waals surface area contributed by atoms with Gasteiger partial charge in [0.2, 0.25) is 0 Å². The maximum Gasteiger partial charge on any atom is 0.347 e. The third-order valence-corrected chi connectivity index (χ3v) is 8.24. The molecular weight excluding hydrogens is 207 g/mol. The van der Waals surface area contributed by atoms with E-state index in [9.17, 15) is 0 Å². The Bertz CT molecular complexity index is 164. The third-order valence-electron chi connectivity index (χ3n) is 2.90. The predicted octanol–water partition coefficient (Wildman–Crippen LogP) is 3.59. The lowest BCUT2D eigenvalue weighted by Crippen LogP contribution is -2.62. The molecule has 3 saturated carbocycles. The first-order chi connectivity index (χ1) is 4.37. The molecule has 0 heterocycles. The van der Waals surface area contributed by atoms with E-state index >= 15 is 0 Å². The Labute approximate surface area is 76.0 Å². The zero-order valence-corrected chi connectivity index (χ0v) is 9.02. The molecule has 3 fully saturated rings. The predicted molar refractivity (Wildman–Crippen MR) is 48.0 cm³/mol. The van der Waals surface area contributed by atoms with Gasteiger partial charge >= 0.3 is 6.00 Å². The van der Waals surface area contributed by atoms with Crippen LogP contribution < -0.4 is 0 Å². The van der Waals surface area contributed by atoms with Crippen LogP contribution in [0.25, 0.3) is 0 Å². The van der Waals surface area contributed by atoms with Crippen molar-refractivity contribution >= 4 is 39.2 Å². The van der Waals surface area contributed by atoms with Gasteiger partial charge in [-0.2, -0.15) is 0 Å². The van der Waals surface area contributed by atoms with Gasteiger partial charge in [0.05, 0.1) is 0 Å². The molecule has 0 N–H and O–H groups in total. The number of hydrogen-bond donors (Lipinski definition) is 0. The highest BCUT2D eigenvalue weighted by Crippen LogP contribution is 2.83. The van der Waals surface area contributed by atoms with Crippen LogP contribution in [-0.2, 0) is 0 Å². The van der Waals surface area contributed by atoms with Gasteiger partial charge < -0.3 is 0 Å². The smallest absolute Gasteiger partial charge is 0.125 e. The number of hydrogen-bond acceptors (Lipinski definition) is 0. The molecule has 0 aromatic rings. The number of rotatable bonds is 1. The van der Waals surface area contributed by atoms with Gasteiger partial charge in [-0.05, 0) is 24.7 Å². The van der Waals surface area contributed by atoms with E-state index in [1.54, 1.807) is 0 Å². The Kier molecular flexibility index (Phi) is 1.32. The highest BCUT2D eigenvalue weighted by molar-refractivity contribution is 7.65. The summed E-state index contributed by atoms with van der Waals surface area (Å²) in [5.74, 6) is 0. The molecule has 0 atom stereocenters. The highest BCUT2D eigenvalue weighted by atomic mass is 35.8. The zero-order chi connectivity index (χ0) is 7.62. The minimum Gasteiger partial charge on any atom is -0.125 e. The maximum atomic E-state index is 5.95. The van der Waals surface area contributed by atoms with Gasteiger partial charge in [-0.1, -0.05) is 6.92 Å². The van der Waals surface area contributed by atoms with Crippen LogP contribution in [0.4, 0.5) is 0 Å². The van der Waals surface area contributed by atoms with Crippen LogP contribution >= 0.6 is 33.2 Å². The van der Waals surface area contributed by atoms with E-state index in [0.717, 1.165) is 0 Å². The minimum atomic E-state index is -2.36. The summed E-state index contributed by atoms with van der Waals surface area (Å²) in [7, 11) is 0. The van der Waals surface area contributed by atoms with E-state index < -0.39 is 6.00 Å². The molecular formula is C6H9Cl3Si. The van der Waals surface area contributed by atoms with Crippen molar-refractivity contribution in [3.05, 3.63) is 0 Å². The molecule has 0 amide bonds. The molecule has 3 aliphatic carbocycles. The minimum absolute atomic E-state index is 0.201. The zero-order valence-electron chi connectivity index (χ0n) is 5.76. The van der Waals surface area contributed by atoms with E-state index in [4.69, 9.17) is 33.2 Å². The Hall–Kier alpha value is 1.09. The third kappa shape index (κ3) is 0.753. The summed E-state index contributed by atoms with van der Waals surface area (Å²) >= 11 is 17.8. The quantitative estimate of drug-likeness (QED) is 0.463. The summed E-state index contributed by atoms with van der Waals surface area (Å²) in [4.78, 5) is 0. The molecule has 0 radical (unpaired) electrons. The second-order valence-electron chi connectivity index (χ2n) is 4.12. The standard InChI is InChI=1S/C6H9Cl3Si/c1-5-2-6(3-5,4-5)10(7,8)9/h2-4H2,1H3. The summed E-state index contributed by atoms with van der Waals surface area (Å²) in [6.45, 7) is 2.28. The Morgan fingerprint density at radius 3 is 1.60 bits per heavy atom. The van der Waals surface area contributed by atoms with Gasteiger partial charge in [0.25, 0.3) is 0 Å². The van der Waals surface area contributed by atoms with Crippen molar-refractivity contribution in [1.82, 2.24) is 0 Å². The van der Waals surface area contributed by atoms with Gasteiger partial charge in [-0.25, -0.2) is 0 Å². The topological polar surface area (TPSA) is 0 Å². The maximum absolute atomic E-state index is 5.95. The van der Waals surface area contributed by atoms with E-state index in [0.29, 0.717) is 5.41 Å². The first kappa shape index (κ1) is 7.72. The Morgan fingerprint density at radius 1 is 1.10 bits per heavy atom. The Balaban J connectivity index is 2.11. The Morgan fingerprint density at radius 2 is 1.50 bits per heavy atom. The fraction of sp³-hybridized carbons (Fsp3) is 1.00. The first-order valence-electron chi connectivity index (χ1n) is 3.44. The van der Waals surface area contributed by atoms with Crippen LogP contribution in [0.2, 0.25) is 5.04 Å². The second-order valence-corrected chi connectivity index (χ2v) is 13.0. The first-order valence-corrected chi connectivity index (χ1v) is 8.47. The average Bonchev–Trinajstić information content (AvgIpc) is 1.51. The van der Waals surface area contributed by atoms with E-state index in [1.807, 2.05) is 0 Å². The van der Waals surface area contributed by atoms with E-state index in [1.165, 1.54) is 19.3 Å². The molecule has 0 spiro atoms. The van der Waals surface area contributed by atoms with Crippen LogP contribution in [0.15, 0.2) is 0 Å². The van der Waals surface area contributed by atoms with E-state index in [2.05, 4.69) is 6.92 Å². The molecule has 0 nitrogen and oxygen atoms in total. The van der Waals surface area contributed by atoms with Gasteiger partial charge in [0.15, 0.2) is 0 Å². The monoisotopic (exact) mass is 214 g/mol. The molecule has 3 aliphatic rings. The van der Waals surface area contributed by atoms with Crippen LogP contribution in [0, 0.1) is 5.41 Å². The van der Waals surface area contributed by atoms with Gasteiger partial charge in [0.1, 0.15) is 0 Å². The molecule has 58 valence electrons. The van der Waals surface area contributed by atoms with E-state index in [-0.39, 0.29) is 5.04 Å². The highest BCUT2D eigenvalue weighted by Gasteiger charge is 2.73. The van der Waals surface area contributed by atoms with Crippen LogP contribution in [0.5, 0.6) is 0 Å². The van der Waals surface area contributed by atoms with Gasteiger partial charge in [-0.15, -0.1) is 33.2 Å². The van der Waals surface area contributed by atoms with Crippen LogP contribution in [0.1, 0.15) is 26.2 Å². The van der Waals surface area contributed by atoms with Crippen LogP contribution in [0.3, 0.4) is 0 Å². The molecule has 3 rings (SSSR count). The normalized spacial score (nSPS) is 51.6. The largest absolute Gasteiger partial charge is 0.347 e. The van der Waals surface area contributed by atoms with Gasteiger partial charge in [0, 0.05) is 5.04 Å². The van der Waals surface area contributed by atoms with Crippen molar-refractivity contribution in [2.45, 2.75) is 31.2 Å². The molecule has 4 heteroatoms. The summed E-state index contributed by atoms with van der Waals surface area (Å²) in [5.41, 5.74) is 0.566. The molecule has 2 bridgehead atoms. The SMILES string of the molecule is CC12CC([Si](Cl)(Cl)Cl)(C1)C2. The lowest BCUT2D eigenvalue weighted by Gasteiger charge is -2.71. The van der Waals surface area contributed by atoms with Crippen molar-refractivity contribution in [3.63, 3.8) is 0 Å². The fourth-order valence-electron chi connectivity index (χ4n) is 2.60. The lowest BCUT2D eigenvalue weighted by atomic mass is 9.44. The number of halogens is 3. The van der Waals surface area contributed by atoms with Crippen molar-refractivity contribution in [3.8, 4) is 0 Å². The van der Waals surface area contributed by atoms with Crippen molar-refractivity contribution < 1.29 is 0 Å². The van der Waals surface area contributed by atoms with Gasteiger partial charge in [-0.3, -0.25) is 0 Å². The average molecular weight is 216 g/mol.